The first kappa shape index (κ1) is 22.8. The molecule has 1 aliphatic rings. The summed E-state index contributed by atoms with van der Waals surface area (Å²) in [5.74, 6) is 1.89. The topological polar surface area (TPSA) is 85.9 Å². The minimum Gasteiger partial charge on any atom is -0.497 e. The number of rotatable bonds is 5. The number of benzene rings is 2. The van der Waals surface area contributed by atoms with Crippen molar-refractivity contribution in [1.29, 1.82) is 0 Å². The molecule has 5 rings (SSSR count). The Hall–Kier alpha value is -3.98. The molecule has 182 valence electrons. The molecule has 0 N–H and O–H groups in total. The van der Waals surface area contributed by atoms with E-state index in [0.29, 0.717) is 35.6 Å². The minimum atomic E-state index is -0.518. The van der Waals surface area contributed by atoms with Crippen molar-refractivity contribution in [3.8, 4) is 28.5 Å². The summed E-state index contributed by atoms with van der Waals surface area (Å²) in [7, 11) is 7.96. The fourth-order valence-electron chi connectivity index (χ4n) is 4.90. The highest BCUT2D eigenvalue weighted by molar-refractivity contribution is 5.96. The molecule has 0 saturated heterocycles. The first-order chi connectivity index (χ1) is 16.9. The van der Waals surface area contributed by atoms with Crippen LogP contribution in [0.2, 0.25) is 0 Å². The monoisotopic (exact) mass is 477 g/mol. The van der Waals surface area contributed by atoms with Gasteiger partial charge in [0.25, 0.3) is 5.56 Å². The molecule has 1 atom stereocenters. The summed E-state index contributed by atoms with van der Waals surface area (Å²) in [5, 5.41) is 0.478. The van der Waals surface area contributed by atoms with Crippen LogP contribution in [0.3, 0.4) is 0 Å². The van der Waals surface area contributed by atoms with Crippen LogP contribution in [0.5, 0.6) is 17.2 Å². The van der Waals surface area contributed by atoms with Gasteiger partial charge in [0.1, 0.15) is 11.9 Å². The summed E-state index contributed by atoms with van der Waals surface area (Å²) in [6.07, 6.45) is -0.518. The van der Waals surface area contributed by atoms with E-state index in [2.05, 4.69) is 4.57 Å². The van der Waals surface area contributed by atoms with Crippen molar-refractivity contribution in [2.75, 3.05) is 27.9 Å². The number of hydrogen-bond donors (Lipinski definition) is 0. The maximum absolute atomic E-state index is 13.5. The van der Waals surface area contributed by atoms with Crippen LogP contribution in [0.1, 0.15) is 17.4 Å². The molecule has 35 heavy (non-hydrogen) atoms. The van der Waals surface area contributed by atoms with Crippen LogP contribution < -0.4 is 25.5 Å². The zero-order valence-corrected chi connectivity index (χ0v) is 20.3. The zero-order chi connectivity index (χ0) is 24.9. The van der Waals surface area contributed by atoms with E-state index in [0.717, 1.165) is 32.8 Å². The third kappa shape index (κ3) is 3.42. The predicted octanol–water partition coefficient (Wildman–Crippen LogP) is 2.85. The maximum Gasteiger partial charge on any atom is 0.331 e. The zero-order valence-electron chi connectivity index (χ0n) is 20.3. The lowest BCUT2D eigenvalue weighted by atomic mass is 10.0. The average Bonchev–Trinajstić information content (AvgIpc) is 3.25. The van der Waals surface area contributed by atoms with Crippen LogP contribution in [0, 0.1) is 0 Å². The van der Waals surface area contributed by atoms with Crippen molar-refractivity contribution in [2.45, 2.75) is 12.6 Å². The van der Waals surface area contributed by atoms with E-state index < -0.39 is 11.8 Å². The molecule has 0 aliphatic carbocycles. The van der Waals surface area contributed by atoms with Gasteiger partial charge >= 0.3 is 5.69 Å². The standard InChI is InChI=1S/C26H27N3O6/c1-27-22-20(25(30)28(2)26(27)31)21(15-6-9-17(32-3)10-7-15)29-12-13-35-24(23(22)29)16-8-11-18(33-4)19(14-16)34-5/h6-11,14,24H,12-13H2,1-5H3/t24-/m1/s1. The lowest BCUT2D eigenvalue weighted by Gasteiger charge is -2.28. The van der Waals surface area contributed by atoms with Crippen molar-refractivity contribution in [3.63, 3.8) is 0 Å². The molecule has 0 amide bonds. The molecule has 0 bridgehead atoms. The maximum atomic E-state index is 13.5. The third-order valence-corrected chi connectivity index (χ3v) is 6.63. The van der Waals surface area contributed by atoms with E-state index in [1.54, 1.807) is 28.4 Å². The van der Waals surface area contributed by atoms with Crippen molar-refractivity contribution < 1.29 is 18.9 Å². The van der Waals surface area contributed by atoms with E-state index in [1.165, 1.54) is 11.6 Å². The highest BCUT2D eigenvalue weighted by Crippen LogP contribution is 2.42. The van der Waals surface area contributed by atoms with Gasteiger partial charge < -0.3 is 23.5 Å². The summed E-state index contributed by atoms with van der Waals surface area (Å²) in [6, 6.07) is 13.2. The fourth-order valence-corrected chi connectivity index (χ4v) is 4.90. The molecule has 9 heteroatoms. The van der Waals surface area contributed by atoms with Gasteiger partial charge in [0.15, 0.2) is 11.5 Å². The Kier molecular flexibility index (Phi) is 5.64. The number of aryl methyl sites for hydroxylation is 1. The lowest BCUT2D eigenvalue weighted by molar-refractivity contribution is 0.0477. The molecule has 0 saturated carbocycles. The van der Waals surface area contributed by atoms with Gasteiger partial charge in [0, 0.05) is 20.6 Å². The summed E-state index contributed by atoms with van der Waals surface area (Å²) >= 11 is 0. The molecule has 0 unspecified atom stereocenters. The van der Waals surface area contributed by atoms with Gasteiger partial charge in [-0.15, -0.1) is 0 Å². The van der Waals surface area contributed by atoms with Crippen molar-refractivity contribution >= 4 is 10.9 Å². The van der Waals surface area contributed by atoms with Crippen LogP contribution in [0.15, 0.2) is 52.1 Å². The lowest BCUT2D eigenvalue weighted by Crippen LogP contribution is -2.37. The number of hydrogen-bond acceptors (Lipinski definition) is 6. The molecule has 2 aromatic carbocycles. The minimum absolute atomic E-state index is 0.345. The van der Waals surface area contributed by atoms with Gasteiger partial charge in [0.05, 0.1) is 50.2 Å². The molecule has 0 fully saturated rings. The summed E-state index contributed by atoms with van der Waals surface area (Å²) in [6.45, 7) is 0.969. The largest absolute Gasteiger partial charge is 0.497 e. The second kappa shape index (κ2) is 8.66. The molecule has 3 heterocycles. The predicted molar refractivity (Wildman–Crippen MR) is 132 cm³/mol. The van der Waals surface area contributed by atoms with Gasteiger partial charge in [-0.25, -0.2) is 4.79 Å². The van der Waals surface area contributed by atoms with Crippen molar-refractivity contribution in [1.82, 2.24) is 13.7 Å². The highest BCUT2D eigenvalue weighted by Gasteiger charge is 2.33. The molecule has 0 spiro atoms. The second-order valence-corrected chi connectivity index (χ2v) is 8.41. The van der Waals surface area contributed by atoms with E-state index in [-0.39, 0.29) is 5.56 Å². The second-order valence-electron chi connectivity index (χ2n) is 8.41. The number of fused-ring (bicyclic) bond motifs is 3. The number of ether oxygens (including phenoxy) is 4. The molecule has 4 aromatic rings. The smallest absolute Gasteiger partial charge is 0.331 e. The Bertz CT molecular complexity index is 1550. The summed E-state index contributed by atoms with van der Waals surface area (Å²) in [4.78, 5) is 26.5. The van der Waals surface area contributed by atoms with Crippen LogP contribution >= 0.6 is 0 Å². The average molecular weight is 478 g/mol. The van der Waals surface area contributed by atoms with Crippen molar-refractivity contribution in [3.05, 3.63) is 74.6 Å². The Morgan fingerprint density at radius 1 is 0.886 bits per heavy atom. The van der Waals surface area contributed by atoms with Gasteiger partial charge in [-0.2, -0.15) is 0 Å². The number of methoxy groups -OCH3 is 3. The number of aromatic nitrogens is 3. The molecule has 0 radical (unpaired) electrons. The van der Waals surface area contributed by atoms with E-state index in [1.807, 2.05) is 42.5 Å². The normalized spacial score (nSPS) is 15.2. The van der Waals surface area contributed by atoms with Gasteiger partial charge in [0.2, 0.25) is 0 Å². The first-order valence-electron chi connectivity index (χ1n) is 11.2. The van der Waals surface area contributed by atoms with Crippen LogP contribution in [-0.2, 0) is 25.4 Å². The fraction of sp³-hybridized carbons (Fsp3) is 0.308. The molecular formula is C26H27N3O6. The Balaban J connectivity index is 1.86. The Morgan fingerprint density at radius 2 is 1.60 bits per heavy atom. The van der Waals surface area contributed by atoms with E-state index in [9.17, 15) is 9.59 Å². The van der Waals surface area contributed by atoms with Gasteiger partial charge in [-0.1, -0.05) is 6.07 Å². The van der Waals surface area contributed by atoms with Gasteiger partial charge in [-0.05, 0) is 47.5 Å². The third-order valence-electron chi connectivity index (χ3n) is 6.63. The molecular weight excluding hydrogens is 450 g/mol. The van der Waals surface area contributed by atoms with E-state index >= 15 is 0 Å². The van der Waals surface area contributed by atoms with Crippen LogP contribution in [0.4, 0.5) is 0 Å². The molecule has 1 aliphatic heterocycles. The molecule has 9 nitrogen and oxygen atoms in total. The van der Waals surface area contributed by atoms with Gasteiger partial charge in [-0.3, -0.25) is 13.9 Å². The van der Waals surface area contributed by atoms with E-state index in [4.69, 9.17) is 18.9 Å². The first-order valence-corrected chi connectivity index (χ1v) is 11.2. The van der Waals surface area contributed by atoms with Crippen LogP contribution in [0.25, 0.3) is 22.2 Å². The number of nitrogens with zero attached hydrogens (tertiary/aromatic N) is 3. The van der Waals surface area contributed by atoms with Crippen molar-refractivity contribution in [2.24, 2.45) is 14.1 Å². The van der Waals surface area contributed by atoms with Crippen LogP contribution in [-0.4, -0.2) is 41.6 Å². The summed E-state index contributed by atoms with van der Waals surface area (Å²) < 4.78 is 27.2. The SMILES string of the molecule is COc1ccc(-c2c3c(=O)n(C)c(=O)n(C)c3c3n2CCO[C@@H]3c2ccc(OC)c(OC)c2)cc1. The Labute approximate surface area is 201 Å². The molecule has 2 aromatic heterocycles. The quantitative estimate of drug-likeness (QED) is 0.440. The Morgan fingerprint density at radius 3 is 2.26 bits per heavy atom. The summed E-state index contributed by atoms with van der Waals surface area (Å²) in [5.41, 5.74) is 3.01. The highest BCUT2D eigenvalue weighted by atomic mass is 16.5.